The monoisotopic (exact) mass is 224 g/mol. The Morgan fingerprint density at radius 1 is 1.06 bits per heavy atom. The molecule has 0 heterocycles. The second-order valence-corrected chi connectivity index (χ2v) is 3.67. The molecule has 2 N–H and O–H groups in total. The van der Waals surface area contributed by atoms with Gasteiger partial charge in [0.15, 0.2) is 0 Å². The number of carbonyl (C=O) groups is 1. The van der Waals surface area contributed by atoms with Gasteiger partial charge < -0.3 is 14.9 Å². The molecule has 4 nitrogen and oxygen atoms in total. The highest BCUT2D eigenvalue weighted by molar-refractivity contribution is 5.95. The molecule has 4 heteroatoms. The molecule has 0 aliphatic rings. The summed E-state index contributed by atoms with van der Waals surface area (Å²) in [6.45, 7) is 6.86. The van der Waals surface area contributed by atoms with Crippen molar-refractivity contribution in [2.75, 3.05) is 6.61 Å². The lowest BCUT2D eigenvalue weighted by Gasteiger charge is -2.14. The Morgan fingerprint density at radius 2 is 1.62 bits per heavy atom. The van der Waals surface area contributed by atoms with E-state index in [4.69, 9.17) is 4.74 Å². The number of hydrogen-bond acceptors (Lipinski definition) is 4. The van der Waals surface area contributed by atoms with Crippen molar-refractivity contribution in [3.05, 3.63) is 22.3 Å². The van der Waals surface area contributed by atoms with Gasteiger partial charge in [-0.3, -0.25) is 0 Å². The average Bonchev–Trinajstić information content (AvgIpc) is 2.24. The summed E-state index contributed by atoms with van der Waals surface area (Å²) in [7, 11) is 0. The van der Waals surface area contributed by atoms with Crippen molar-refractivity contribution in [3.8, 4) is 11.5 Å². The quantitative estimate of drug-likeness (QED) is 0.756. The first-order valence-electron chi connectivity index (χ1n) is 5.10. The van der Waals surface area contributed by atoms with Gasteiger partial charge in [0, 0.05) is 5.56 Å². The Hall–Kier alpha value is -1.71. The summed E-state index contributed by atoms with van der Waals surface area (Å²) in [5, 5.41) is 19.5. The molecule has 0 unspecified atom stereocenters. The minimum absolute atomic E-state index is 0.0167. The Kier molecular flexibility index (Phi) is 3.42. The van der Waals surface area contributed by atoms with Crippen LogP contribution < -0.4 is 0 Å². The van der Waals surface area contributed by atoms with Crippen molar-refractivity contribution >= 4 is 5.97 Å². The van der Waals surface area contributed by atoms with Gasteiger partial charge >= 0.3 is 5.97 Å². The van der Waals surface area contributed by atoms with Crippen LogP contribution in [0.5, 0.6) is 11.5 Å². The highest BCUT2D eigenvalue weighted by atomic mass is 16.5. The number of esters is 1. The van der Waals surface area contributed by atoms with E-state index in [1.807, 2.05) is 0 Å². The Bertz CT molecular complexity index is 406. The third kappa shape index (κ3) is 1.83. The van der Waals surface area contributed by atoms with Crippen LogP contribution >= 0.6 is 0 Å². The molecule has 0 aliphatic carbocycles. The van der Waals surface area contributed by atoms with Crippen LogP contribution in [0.1, 0.15) is 34.0 Å². The zero-order valence-corrected chi connectivity index (χ0v) is 9.92. The minimum atomic E-state index is -0.566. The van der Waals surface area contributed by atoms with E-state index in [0.29, 0.717) is 16.7 Å². The maximum Gasteiger partial charge on any atom is 0.342 e. The molecule has 0 amide bonds. The summed E-state index contributed by atoms with van der Waals surface area (Å²) in [5.74, 6) is -0.759. The predicted molar refractivity (Wildman–Crippen MR) is 59.9 cm³/mol. The number of rotatable bonds is 2. The van der Waals surface area contributed by atoms with Gasteiger partial charge in [-0.1, -0.05) is 0 Å². The van der Waals surface area contributed by atoms with Crippen molar-refractivity contribution in [2.45, 2.75) is 27.7 Å². The number of ether oxygens (including phenoxy) is 1. The molecule has 16 heavy (non-hydrogen) atoms. The highest BCUT2D eigenvalue weighted by Gasteiger charge is 2.22. The second-order valence-electron chi connectivity index (χ2n) is 3.67. The van der Waals surface area contributed by atoms with Gasteiger partial charge in [0.05, 0.1) is 6.61 Å². The lowest BCUT2D eigenvalue weighted by molar-refractivity contribution is 0.0522. The molecule has 1 aromatic rings. The summed E-state index contributed by atoms with van der Waals surface area (Å²) in [6, 6.07) is 0. The fourth-order valence-corrected chi connectivity index (χ4v) is 1.58. The van der Waals surface area contributed by atoms with Gasteiger partial charge in [-0.25, -0.2) is 4.79 Å². The van der Waals surface area contributed by atoms with Crippen molar-refractivity contribution < 1.29 is 19.7 Å². The molecule has 0 bridgehead atoms. The molecule has 0 aliphatic heterocycles. The fraction of sp³-hybridized carbons (Fsp3) is 0.417. The summed E-state index contributed by atoms with van der Waals surface area (Å²) in [5.41, 5.74) is 1.55. The highest BCUT2D eigenvalue weighted by Crippen LogP contribution is 2.36. The van der Waals surface area contributed by atoms with Crippen LogP contribution in [0.25, 0.3) is 0 Å². The number of carbonyl (C=O) groups excluding carboxylic acids is 1. The number of phenols is 2. The normalized spacial score (nSPS) is 10.2. The lowest BCUT2D eigenvalue weighted by Crippen LogP contribution is -2.09. The average molecular weight is 224 g/mol. The Labute approximate surface area is 94.5 Å². The molecule has 88 valence electrons. The number of hydrogen-bond donors (Lipinski definition) is 2. The van der Waals surface area contributed by atoms with Crippen LogP contribution in [0.2, 0.25) is 0 Å². The van der Waals surface area contributed by atoms with E-state index in [9.17, 15) is 15.0 Å². The zero-order valence-electron chi connectivity index (χ0n) is 9.92. The molecule has 0 spiro atoms. The molecular weight excluding hydrogens is 208 g/mol. The predicted octanol–water partition coefficient (Wildman–Crippen LogP) is 2.20. The van der Waals surface area contributed by atoms with Gasteiger partial charge in [0.25, 0.3) is 0 Å². The van der Waals surface area contributed by atoms with E-state index >= 15 is 0 Å². The Balaban J connectivity index is 3.45. The van der Waals surface area contributed by atoms with Crippen LogP contribution in [0.4, 0.5) is 0 Å². The van der Waals surface area contributed by atoms with Crippen LogP contribution in [-0.4, -0.2) is 22.8 Å². The van der Waals surface area contributed by atoms with Crippen LogP contribution in [-0.2, 0) is 4.74 Å². The van der Waals surface area contributed by atoms with Crippen LogP contribution in [0.3, 0.4) is 0 Å². The number of phenolic OH excluding ortho intramolecular Hbond substituents is 2. The number of benzene rings is 1. The zero-order chi connectivity index (χ0) is 12.5. The molecular formula is C12H16O4. The SMILES string of the molecule is CCOC(=O)c1c(C)c(C)c(O)c(C)c1O. The first-order chi connectivity index (χ1) is 7.41. The van der Waals surface area contributed by atoms with E-state index in [0.717, 1.165) is 0 Å². The topological polar surface area (TPSA) is 66.8 Å². The van der Waals surface area contributed by atoms with Crippen molar-refractivity contribution in [1.82, 2.24) is 0 Å². The van der Waals surface area contributed by atoms with Crippen LogP contribution in [0, 0.1) is 20.8 Å². The largest absolute Gasteiger partial charge is 0.507 e. The van der Waals surface area contributed by atoms with Gasteiger partial charge in [-0.2, -0.15) is 0 Å². The molecule has 0 saturated heterocycles. The Morgan fingerprint density at radius 3 is 2.12 bits per heavy atom. The maximum atomic E-state index is 11.6. The van der Waals surface area contributed by atoms with E-state index in [1.54, 1.807) is 27.7 Å². The van der Waals surface area contributed by atoms with Crippen molar-refractivity contribution in [1.29, 1.82) is 0 Å². The summed E-state index contributed by atoms with van der Waals surface area (Å²) < 4.78 is 4.86. The first kappa shape index (κ1) is 12.4. The second kappa shape index (κ2) is 4.43. The maximum absolute atomic E-state index is 11.6. The fourth-order valence-electron chi connectivity index (χ4n) is 1.58. The van der Waals surface area contributed by atoms with E-state index in [-0.39, 0.29) is 23.7 Å². The molecule has 0 atom stereocenters. The standard InChI is InChI=1S/C12H16O4/c1-5-16-12(15)9-6(2)7(3)10(13)8(4)11(9)14/h13-14H,5H2,1-4H3. The minimum Gasteiger partial charge on any atom is -0.507 e. The smallest absolute Gasteiger partial charge is 0.342 e. The van der Waals surface area contributed by atoms with Gasteiger partial charge in [0.2, 0.25) is 0 Å². The van der Waals surface area contributed by atoms with Crippen molar-refractivity contribution in [2.24, 2.45) is 0 Å². The number of aromatic hydroxyl groups is 2. The van der Waals surface area contributed by atoms with Gasteiger partial charge in [-0.15, -0.1) is 0 Å². The van der Waals surface area contributed by atoms with Crippen LogP contribution in [0.15, 0.2) is 0 Å². The van der Waals surface area contributed by atoms with E-state index in [2.05, 4.69) is 0 Å². The molecule has 0 radical (unpaired) electrons. The third-order valence-corrected chi connectivity index (χ3v) is 2.72. The third-order valence-electron chi connectivity index (χ3n) is 2.72. The van der Waals surface area contributed by atoms with E-state index in [1.165, 1.54) is 0 Å². The molecule has 0 fully saturated rings. The summed E-state index contributed by atoms with van der Waals surface area (Å²) in [4.78, 5) is 11.6. The molecule has 0 aromatic heterocycles. The van der Waals surface area contributed by atoms with Crippen molar-refractivity contribution in [3.63, 3.8) is 0 Å². The van der Waals surface area contributed by atoms with E-state index < -0.39 is 5.97 Å². The van der Waals surface area contributed by atoms with Gasteiger partial charge in [0.1, 0.15) is 17.1 Å². The molecule has 1 rings (SSSR count). The van der Waals surface area contributed by atoms with Gasteiger partial charge in [-0.05, 0) is 38.8 Å². The summed E-state index contributed by atoms with van der Waals surface area (Å²) in [6.07, 6.45) is 0. The summed E-state index contributed by atoms with van der Waals surface area (Å²) >= 11 is 0. The molecule has 0 saturated carbocycles. The first-order valence-corrected chi connectivity index (χ1v) is 5.10. The molecule has 1 aromatic carbocycles. The lowest BCUT2D eigenvalue weighted by atomic mass is 9.97.